The van der Waals surface area contributed by atoms with Crippen LogP contribution in [0.2, 0.25) is 5.02 Å². The molecule has 1 aliphatic heterocycles. The van der Waals surface area contributed by atoms with Crippen LogP contribution in [0.15, 0.2) is 42.5 Å². The Kier molecular flexibility index (Phi) is 5.42. The summed E-state index contributed by atoms with van der Waals surface area (Å²) in [6.45, 7) is 0.557. The Morgan fingerprint density at radius 3 is 2.81 bits per heavy atom. The second-order valence-electron chi connectivity index (χ2n) is 6.02. The van der Waals surface area contributed by atoms with Gasteiger partial charge in [0.15, 0.2) is 0 Å². The molecule has 0 radical (unpaired) electrons. The van der Waals surface area contributed by atoms with Crippen molar-refractivity contribution in [3.05, 3.63) is 64.4 Å². The average Bonchev–Trinajstić information content (AvgIpc) is 3.13. The maximum atomic E-state index is 14.1. The molecule has 0 aromatic heterocycles. The summed E-state index contributed by atoms with van der Waals surface area (Å²) in [5.74, 6) is -1.22. The van der Waals surface area contributed by atoms with Gasteiger partial charge < -0.3 is 15.0 Å². The van der Waals surface area contributed by atoms with E-state index in [1.165, 1.54) is 19.2 Å². The van der Waals surface area contributed by atoms with E-state index < -0.39 is 17.8 Å². The van der Waals surface area contributed by atoms with Crippen molar-refractivity contribution in [2.75, 3.05) is 19.0 Å². The van der Waals surface area contributed by atoms with Gasteiger partial charge in [0.1, 0.15) is 5.82 Å². The zero-order chi connectivity index (χ0) is 18.7. The van der Waals surface area contributed by atoms with E-state index >= 15 is 0 Å². The topological polar surface area (TPSA) is 58.6 Å². The third-order valence-electron chi connectivity index (χ3n) is 4.38. The summed E-state index contributed by atoms with van der Waals surface area (Å²) in [4.78, 5) is 25.9. The summed E-state index contributed by atoms with van der Waals surface area (Å²) in [7, 11) is 1.24. The van der Waals surface area contributed by atoms with E-state index in [9.17, 15) is 14.0 Å². The van der Waals surface area contributed by atoms with Gasteiger partial charge in [0.05, 0.1) is 24.4 Å². The van der Waals surface area contributed by atoms with Crippen molar-refractivity contribution >= 4 is 29.3 Å². The Balaban J connectivity index is 1.80. The van der Waals surface area contributed by atoms with Gasteiger partial charge in [-0.05, 0) is 48.7 Å². The second kappa shape index (κ2) is 7.74. The van der Waals surface area contributed by atoms with E-state index in [0.717, 1.165) is 24.5 Å². The van der Waals surface area contributed by atoms with E-state index in [2.05, 4.69) is 10.1 Å². The number of nitrogens with one attached hydrogen (secondary N) is 1. The average molecular weight is 377 g/mol. The predicted molar refractivity (Wildman–Crippen MR) is 96.9 cm³/mol. The third-order valence-corrected chi connectivity index (χ3v) is 4.61. The first kappa shape index (κ1) is 18.2. The number of likely N-dealkylation sites (tertiary alicyclic amines) is 1. The van der Waals surface area contributed by atoms with Crippen molar-refractivity contribution in [2.45, 2.75) is 18.9 Å². The fourth-order valence-corrected chi connectivity index (χ4v) is 3.32. The molecule has 1 unspecified atom stereocenters. The number of carbonyl (C=O) groups is 2. The Bertz CT molecular complexity index is 843. The Hall–Kier alpha value is -2.60. The molecule has 7 heteroatoms. The van der Waals surface area contributed by atoms with Crippen LogP contribution < -0.4 is 5.32 Å². The zero-order valence-corrected chi connectivity index (χ0v) is 14.9. The van der Waals surface area contributed by atoms with Gasteiger partial charge in [-0.1, -0.05) is 23.7 Å². The zero-order valence-electron chi connectivity index (χ0n) is 14.2. The molecule has 0 spiro atoms. The highest BCUT2D eigenvalue weighted by Crippen LogP contribution is 2.33. The number of rotatable bonds is 3. The Morgan fingerprint density at radius 1 is 1.27 bits per heavy atom. The predicted octanol–water partition coefficient (Wildman–Crippen LogP) is 4.63. The van der Waals surface area contributed by atoms with Gasteiger partial charge in [-0.25, -0.2) is 14.0 Å². The molecule has 1 N–H and O–H groups in total. The number of anilines is 1. The number of nitrogens with zero attached hydrogens (tertiary/aromatic N) is 1. The van der Waals surface area contributed by atoms with Gasteiger partial charge in [-0.3, -0.25) is 0 Å². The lowest BCUT2D eigenvalue weighted by Crippen LogP contribution is -2.34. The van der Waals surface area contributed by atoms with Gasteiger partial charge in [0.25, 0.3) is 0 Å². The first-order chi connectivity index (χ1) is 12.5. The molecule has 1 atom stereocenters. The molecule has 1 saturated heterocycles. The molecule has 5 nitrogen and oxygen atoms in total. The standard InChI is InChI=1S/C19H18ClFN2O3/c1-26-18(24)13-7-8-15(21)16(11-13)22-19(25)23-9-3-6-17(23)12-4-2-5-14(20)10-12/h2,4-5,7-8,10-11,17H,3,6,9H2,1H3,(H,22,25). The number of halogens is 2. The number of hydrogen-bond acceptors (Lipinski definition) is 3. The van der Waals surface area contributed by atoms with E-state index in [-0.39, 0.29) is 17.3 Å². The highest BCUT2D eigenvalue weighted by molar-refractivity contribution is 6.30. The number of carbonyl (C=O) groups excluding carboxylic acids is 2. The second-order valence-corrected chi connectivity index (χ2v) is 6.46. The number of methoxy groups -OCH3 is 1. The van der Waals surface area contributed by atoms with Crippen molar-refractivity contribution < 1.29 is 18.7 Å². The number of esters is 1. The number of ether oxygens (including phenoxy) is 1. The molecule has 136 valence electrons. The number of amides is 2. The smallest absolute Gasteiger partial charge is 0.337 e. The van der Waals surface area contributed by atoms with Crippen LogP contribution in [0.5, 0.6) is 0 Å². The third kappa shape index (κ3) is 3.80. The quantitative estimate of drug-likeness (QED) is 0.794. The summed E-state index contributed by atoms with van der Waals surface area (Å²) in [5, 5.41) is 3.16. The molecule has 2 aromatic rings. The minimum absolute atomic E-state index is 0.0605. The molecule has 1 aliphatic rings. The number of urea groups is 1. The maximum absolute atomic E-state index is 14.1. The van der Waals surface area contributed by atoms with Crippen LogP contribution >= 0.6 is 11.6 Å². The van der Waals surface area contributed by atoms with Crippen LogP contribution in [0.3, 0.4) is 0 Å². The molecule has 0 saturated carbocycles. The monoisotopic (exact) mass is 376 g/mol. The van der Waals surface area contributed by atoms with Gasteiger partial charge in [-0.15, -0.1) is 0 Å². The molecule has 26 heavy (non-hydrogen) atoms. The molecule has 2 aromatic carbocycles. The summed E-state index contributed by atoms with van der Waals surface area (Å²) in [5.41, 5.74) is 1.04. The first-order valence-corrected chi connectivity index (χ1v) is 8.58. The highest BCUT2D eigenvalue weighted by Gasteiger charge is 2.30. The van der Waals surface area contributed by atoms with E-state index in [0.29, 0.717) is 11.6 Å². The van der Waals surface area contributed by atoms with Gasteiger partial charge in [0.2, 0.25) is 0 Å². The first-order valence-electron chi connectivity index (χ1n) is 8.20. The normalized spacial score (nSPS) is 16.4. The van der Waals surface area contributed by atoms with Crippen LogP contribution in [0.4, 0.5) is 14.9 Å². The van der Waals surface area contributed by atoms with E-state index in [1.54, 1.807) is 11.0 Å². The fraction of sp³-hybridized carbons (Fsp3) is 0.263. The Morgan fingerprint density at radius 2 is 2.08 bits per heavy atom. The molecule has 3 rings (SSSR count). The summed E-state index contributed by atoms with van der Waals surface area (Å²) < 4.78 is 18.7. The van der Waals surface area contributed by atoms with Crippen molar-refractivity contribution in [2.24, 2.45) is 0 Å². The lowest BCUT2D eigenvalue weighted by Gasteiger charge is -2.25. The van der Waals surface area contributed by atoms with Crippen molar-refractivity contribution in [1.29, 1.82) is 0 Å². The van der Waals surface area contributed by atoms with Gasteiger partial charge >= 0.3 is 12.0 Å². The lowest BCUT2D eigenvalue weighted by atomic mass is 10.0. The van der Waals surface area contributed by atoms with Gasteiger partial charge in [-0.2, -0.15) is 0 Å². The number of benzene rings is 2. The van der Waals surface area contributed by atoms with Crippen LogP contribution in [0, 0.1) is 5.82 Å². The Labute approximate surface area is 155 Å². The van der Waals surface area contributed by atoms with Crippen molar-refractivity contribution in [1.82, 2.24) is 4.90 Å². The van der Waals surface area contributed by atoms with Crippen molar-refractivity contribution in [3.8, 4) is 0 Å². The SMILES string of the molecule is COC(=O)c1ccc(F)c(NC(=O)N2CCCC2c2cccc(Cl)c2)c1. The molecule has 0 aliphatic carbocycles. The fourth-order valence-electron chi connectivity index (χ4n) is 3.12. The summed E-state index contributed by atoms with van der Waals surface area (Å²) in [6, 6.07) is 10.5. The molecule has 0 bridgehead atoms. The van der Waals surface area contributed by atoms with Crippen LogP contribution in [-0.2, 0) is 4.74 Å². The molecular weight excluding hydrogens is 359 g/mol. The maximum Gasteiger partial charge on any atom is 0.337 e. The molecule has 1 fully saturated rings. The molecular formula is C19H18ClFN2O3. The molecule has 2 amide bonds. The van der Waals surface area contributed by atoms with E-state index in [4.69, 9.17) is 11.6 Å². The van der Waals surface area contributed by atoms with Gasteiger partial charge in [0, 0.05) is 11.6 Å². The van der Waals surface area contributed by atoms with Crippen LogP contribution in [0.25, 0.3) is 0 Å². The minimum atomic E-state index is -0.621. The lowest BCUT2D eigenvalue weighted by molar-refractivity contribution is 0.0600. The number of hydrogen-bond donors (Lipinski definition) is 1. The van der Waals surface area contributed by atoms with E-state index in [1.807, 2.05) is 18.2 Å². The van der Waals surface area contributed by atoms with Crippen molar-refractivity contribution in [3.63, 3.8) is 0 Å². The van der Waals surface area contributed by atoms with Crippen LogP contribution in [-0.4, -0.2) is 30.6 Å². The van der Waals surface area contributed by atoms with Crippen LogP contribution in [0.1, 0.15) is 34.8 Å². The largest absolute Gasteiger partial charge is 0.465 e. The summed E-state index contributed by atoms with van der Waals surface area (Å²) >= 11 is 6.05. The highest BCUT2D eigenvalue weighted by atomic mass is 35.5. The minimum Gasteiger partial charge on any atom is -0.465 e. The summed E-state index contributed by atoms with van der Waals surface area (Å²) in [6.07, 6.45) is 1.65. The molecule has 1 heterocycles.